The van der Waals surface area contributed by atoms with Gasteiger partial charge in [-0.3, -0.25) is 9.59 Å². The Balaban J connectivity index is 1.47. The molecular formula is C25H31N3O4. The summed E-state index contributed by atoms with van der Waals surface area (Å²) in [7, 11) is 0. The summed E-state index contributed by atoms with van der Waals surface area (Å²) in [5.41, 5.74) is 1.22. The van der Waals surface area contributed by atoms with Crippen LogP contribution in [-0.4, -0.2) is 49.7 Å². The molecule has 0 bridgehead atoms. The van der Waals surface area contributed by atoms with Gasteiger partial charge in [0.05, 0.1) is 18.9 Å². The molecule has 0 saturated carbocycles. The van der Waals surface area contributed by atoms with Crippen molar-refractivity contribution in [3.05, 3.63) is 59.7 Å². The lowest BCUT2D eigenvalue weighted by Crippen LogP contribution is -2.53. The maximum absolute atomic E-state index is 13.1. The Morgan fingerprint density at radius 2 is 2.06 bits per heavy atom. The van der Waals surface area contributed by atoms with E-state index in [1.54, 1.807) is 36.9 Å². The van der Waals surface area contributed by atoms with Gasteiger partial charge in [0, 0.05) is 24.7 Å². The van der Waals surface area contributed by atoms with E-state index in [1.165, 1.54) is 0 Å². The summed E-state index contributed by atoms with van der Waals surface area (Å²) in [6, 6.07) is 15.3. The summed E-state index contributed by atoms with van der Waals surface area (Å²) in [4.78, 5) is 27.6. The molecule has 0 aliphatic carbocycles. The van der Waals surface area contributed by atoms with Gasteiger partial charge in [-0.1, -0.05) is 30.3 Å². The lowest BCUT2D eigenvalue weighted by atomic mass is 10.0. The molecule has 32 heavy (non-hydrogen) atoms. The maximum Gasteiger partial charge on any atom is 0.270 e. The third kappa shape index (κ3) is 5.11. The number of benzene rings is 2. The fraction of sp³-hybridized carbons (Fsp3) is 0.440. The van der Waals surface area contributed by atoms with E-state index in [1.807, 2.05) is 30.3 Å². The molecule has 0 radical (unpaired) electrons. The van der Waals surface area contributed by atoms with Gasteiger partial charge in [0.15, 0.2) is 5.60 Å². The molecule has 170 valence electrons. The first-order chi connectivity index (χ1) is 15.4. The number of hydrogen-bond donors (Lipinski definition) is 2. The summed E-state index contributed by atoms with van der Waals surface area (Å²) < 4.78 is 11.8. The van der Waals surface area contributed by atoms with Crippen LogP contribution >= 0.6 is 0 Å². The number of anilines is 1. The zero-order chi connectivity index (χ0) is 22.6. The Kier molecular flexibility index (Phi) is 6.77. The lowest BCUT2D eigenvalue weighted by molar-refractivity contribution is -0.132. The molecule has 2 aliphatic rings. The first kappa shape index (κ1) is 22.3. The average molecular weight is 438 g/mol. The largest absolute Gasteiger partial charge is 0.476 e. The summed E-state index contributed by atoms with van der Waals surface area (Å²) >= 11 is 0. The van der Waals surface area contributed by atoms with Gasteiger partial charge in [-0.05, 0) is 57.0 Å². The van der Waals surface area contributed by atoms with Crippen LogP contribution in [-0.2, 0) is 16.1 Å². The second-order valence-electron chi connectivity index (χ2n) is 8.81. The van der Waals surface area contributed by atoms with Crippen LogP contribution in [0.5, 0.6) is 5.75 Å². The van der Waals surface area contributed by atoms with E-state index in [4.69, 9.17) is 9.47 Å². The fourth-order valence-electron chi connectivity index (χ4n) is 4.09. The third-order valence-electron chi connectivity index (χ3n) is 5.84. The van der Waals surface area contributed by atoms with Crippen molar-refractivity contribution in [3.63, 3.8) is 0 Å². The molecule has 2 aliphatic heterocycles. The molecule has 2 N–H and O–H groups in total. The summed E-state index contributed by atoms with van der Waals surface area (Å²) in [6.07, 6.45) is 2.01. The normalized spacial score (nSPS) is 19.8. The van der Waals surface area contributed by atoms with E-state index >= 15 is 0 Å². The standard InChI is InChI=1S/C25H31N3O4/c1-25(2)24(30)28(13-14-31-17-18-7-4-3-5-8-18)21-15-19(10-11-22(21)32-25)23(29)27-20-9-6-12-26-16-20/h3-5,7-8,10-11,15,20,26H,6,9,12-14,16-17H2,1-2H3,(H,27,29). The van der Waals surface area contributed by atoms with Crippen LogP contribution in [0.4, 0.5) is 5.69 Å². The Hall–Kier alpha value is -2.90. The van der Waals surface area contributed by atoms with Crippen LogP contribution in [0.3, 0.4) is 0 Å². The molecule has 4 rings (SSSR count). The van der Waals surface area contributed by atoms with Crippen LogP contribution in [0.15, 0.2) is 48.5 Å². The van der Waals surface area contributed by atoms with Gasteiger partial charge in [-0.15, -0.1) is 0 Å². The minimum absolute atomic E-state index is 0.117. The van der Waals surface area contributed by atoms with Crippen LogP contribution in [0.25, 0.3) is 0 Å². The molecule has 2 aromatic rings. The molecule has 2 heterocycles. The Labute approximate surface area is 189 Å². The molecule has 1 fully saturated rings. The first-order valence-corrected chi connectivity index (χ1v) is 11.2. The highest BCUT2D eigenvalue weighted by Crippen LogP contribution is 2.38. The minimum Gasteiger partial charge on any atom is -0.476 e. The third-order valence-corrected chi connectivity index (χ3v) is 5.84. The van der Waals surface area contributed by atoms with Gasteiger partial charge in [0.1, 0.15) is 5.75 Å². The quantitative estimate of drug-likeness (QED) is 0.651. The topological polar surface area (TPSA) is 79.9 Å². The molecule has 2 aromatic carbocycles. The van der Waals surface area contributed by atoms with E-state index in [0.717, 1.165) is 31.5 Å². The van der Waals surface area contributed by atoms with Crippen molar-refractivity contribution in [2.45, 2.75) is 44.9 Å². The number of carbonyl (C=O) groups excluding carboxylic acids is 2. The van der Waals surface area contributed by atoms with Gasteiger partial charge < -0.3 is 25.0 Å². The predicted molar refractivity (Wildman–Crippen MR) is 123 cm³/mol. The number of nitrogens with zero attached hydrogens (tertiary/aromatic N) is 1. The van der Waals surface area contributed by atoms with Crippen LogP contribution in [0.2, 0.25) is 0 Å². The number of rotatable bonds is 7. The molecule has 7 nitrogen and oxygen atoms in total. The van der Waals surface area contributed by atoms with Crippen LogP contribution in [0.1, 0.15) is 42.6 Å². The fourth-order valence-corrected chi connectivity index (χ4v) is 4.09. The Bertz CT molecular complexity index is 955. The highest BCUT2D eigenvalue weighted by Gasteiger charge is 2.41. The molecule has 0 spiro atoms. The van der Waals surface area contributed by atoms with Crippen molar-refractivity contribution in [1.29, 1.82) is 0 Å². The number of carbonyl (C=O) groups is 2. The van der Waals surface area contributed by atoms with E-state index in [-0.39, 0.29) is 17.9 Å². The number of fused-ring (bicyclic) bond motifs is 1. The molecule has 0 aromatic heterocycles. The van der Waals surface area contributed by atoms with E-state index in [2.05, 4.69) is 10.6 Å². The van der Waals surface area contributed by atoms with Crippen molar-refractivity contribution < 1.29 is 19.1 Å². The van der Waals surface area contributed by atoms with E-state index < -0.39 is 5.60 Å². The zero-order valence-electron chi connectivity index (χ0n) is 18.7. The number of hydrogen-bond acceptors (Lipinski definition) is 5. The smallest absolute Gasteiger partial charge is 0.270 e. The Morgan fingerprint density at radius 3 is 2.81 bits per heavy atom. The molecule has 1 atom stereocenters. The van der Waals surface area contributed by atoms with Gasteiger partial charge >= 0.3 is 0 Å². The number of ether oxygens (including phenoxy) is 2. The number of nitrogens with one attached hydrogen (secondary N) is 2. The molecule has 7 heteroatoms. The van der Waals surface area contributed by atoms with Gasteiger partial charge in [0.2, 0.25) is 0 Å². The van der Waals surface area contributed by atoms with E-state index in [0.29, 0.717) is 36.8 Å². The summed E-state index contributed by atoms with van der Waals surface area (Å²) in [5, 5.41) is 6.39. The van der Waals surface area contributed by atoms with Crippen molar-refractivity contribution >= 4 is 17.5 Å². The molecule has 2 amide bonds. The predicted octanol–water partition coefficient (Wildman–Crippen LogP) is 2.89. The zero-order valence-corrected chi connectivity index (χ0v) is 18.7. The van der Waals surface area contributed by atoms with Crippen molar-refractivity contribution in [2.24, 2.45) is 0 Å². The second-order valence-corrected chi connectivity index (χ2v) is 8.81. The number of piperidine rings is 1. The second kappa shape index (κ2) is 9.71. The SMILES string of the molecule is CC1(C)Oc2ccc(C(=O)NC3CCCNC3)cc2N(CCOCc2ccccc2)C1=O. The highest BCUT2D eigenvalue weighted by molar-refractivity contribution is 6.04. The van der Waals surface area contributed by atoms with Crippen LogP contribution in [0, 0.1) is 0 Å². The monoisotopic (exact) mass is 437 g/mol. The average Bonchev–Trinajstić information content (AvgIpc) is 2.80. The molecule has 1 saturated heterocycles. The number of amides is 2. The van der Waals surface area contributed by atoms with Gasteiger partial charge in [0.25, 0.3) is 11.8 Å². The lowest BCUT2D eigenvalue weighted by Gasteiger charge is -2.39. The van der Waals surface area contributed by atoms with Crippen molar-refractivity contribution in [1.82, 2.24) is 10.6 Å². The van der Waals surface area contributed by atoms with E-state index in [9.17, 15) is 9.59 Å². The minimum atomic E-state index is -0.982. The summed E-state index contributed by atoms with van der Waals surface area (Å²) in [5.74, 6) is 0.301. The maximum atomic E-state index is 13.1. The van der Waals surface area contributed by atoms with Crippen molar-refractivity contribution in [3.8, 4) is 5.75 Å². The van der Waals surface area contributed by atoms with Gasteiger partial charge in [-0.2, -0.15) is 0 Å². The molecule has 1 unspecified atom stereocenters. The van der Waals surface area contributed by atoms with Crippen molar-refractivity contribution in [2.75, 3.05) is 31.1 Å². The first-order valence-electron chi connectivity index (χ1n) is 11.2. The highest BCUT2D eigenvalue weighted by atomic mass is 16.5. The Morgan fingerprint density at radius 1 is 1.25 bits per heavy atom. The van der Waals surface area contributed by atoms with Crippen LogP contribution < -0.4 is 20.3 Å². The van der Waals surface area contributed by atoms with Gasteiger partial charge in [-0.25, -0.2) is 0 Å². The summed E-state index contributed by atoms with van der Waals surface area (Å²) in [6.45, 7) is 6.51. The molecular weight excluding hydrogens is 406 g/mol.